The number of amides is 1. The number of nitrogens with zero attached hydrogens (tertiary/aromatic N) is 3. The second-order valence-corrected chi connectivity index (χ2v) is 8.73. The summed E-state index contributed by atoms with van der Waals surface area (Å²) in [5, 5.41) is 11.1. The van der Waals surface area contributed by atoms with E-state index in [1.807, 2.05) is 37.3 Å². The van der Waals surface area contributed by atoms with Gasteiger partial charge < -0.3 is 14.6 Å². The number of imidazole rings is 1. The summed E-state index contributed by atoms with van der Waals surface area (Å²) >= 11 is 0. The average Bonchev–Trinajstić information content (AvgIpc) is 3.31. The summed E-state index contributed by atoms with van der Waals surface area (Å²) in [6.45, 7) is 7.55. The highest BCUT2D eigenvalue weighted by atomic mass is 16.3. The highest BCUT2D eigenvalue weighted by molar-refractivity contribution is 5.93. The van der Waals surface area contributed by atoms with E-state index in [0.29, 0.717) is 6.42 Å². The van der Waals surface area contributed by atoms with Crippen molar-refractivity contribution in [3.63, 3.8) is 0 Å². The highest BCUT2D eigenvalue weighted by Gasteiger charge is 2.35. The first-order valence-electron chi connectivity index (χ1n) is 10.7. The van der Waals surface area contributed by atoms with Crippen LogP contribution in [0.5, 0.6) is 0 Å². The molecule has 1 N–H and O–H groups in total. The van der Waals surface area contributed by atoms with E-state index in [-0.39, 0.29) is 23.8 Å². The van der Waals surface area contributed by atoms with Crippen molar-refractivity contribution in [1.82, 2.24) is 14.5 Å². The van der Waals surface area contributed by atoms with Gasteiger partial charge in [0.1, 0.15) is 0 Å². The Morgan fingerprint density at radius 1 is 1.21 bits per heavy atom. The van der Waals surface area contributed by atoms with Crippen molar-refractivity contribution in [2.45, 2.75) is 52.2 Å². The lowest BCUT2D eigenvalue weighted by Gasteiger charge is -2.36. The van der Waals surface area contributed by atoms with Gasteiger partial charge in [-0.2, -0.15) is 0 Å². The van der Waals surface area contributed by atoms with Gasteiger partial charge in [-0.05, 0) is 48.8 Å². The molecule has 1 aromatic heterocycles. The van der Waals surface area contributed by atoms with E-state index < -0.39 is 6.10 Å². The Morgan fingerprint density at radius 2 is 1.90 bits per heavy atom. The standard InChI is InChI=1S/C24H31N3O2/c1-16(2)24(29)26-11-9-18(10-12-26)22(28)13-20-23(19-7-5-4-6-8-19)17(3)21-14-25-15-27(20)21/h4-8,14-16,18,20,22,28H,9-13H2,1-3H3. The molecule has 0 aliphatic carbocycles. The molecule has 4 rings (SSSR count). The lowest BCUT2D eigenvalue weighted by atomic mass is 9.85. The van der Waals surface area contributed by atoms with Crippen LogP contribution in [0.15, 0.2) is 42.9 Å². The minimum Gasteiger partial charge on any atom is -0.393 e. The maximum absolute atomic E-state index is 12.2. The summed E-state index contributed by atoms with van der Waals surface area (Å²) in [6.07, 6.45) is 5.82. The summed E-state index contributed by atoms with van der Waals surface area (Å²) in [4.78, 5) is 18.5. The van der Waals surface area contributed by atoms with Gasteiger partial charge in [0, 0.05) is 19.0 Å². The van der Waals surface area contributed by atoms with Crippen LogP contribution >= 0.6 is 0 Å². The van der Waals surface area contributed by atoms with Crippen LogP contribution in [0.3, 0.4) is 0 Å². The third-order valence-corrected chi connectivity index (χ3v) is 6.56. The van der Waals surface area contributed by atoms with Gasteiger partial charge in [0.2, 0.25) is 5.91 Å². The maximum atomic E-state index is 12.2. The summed E-state index contributed by atoms with van der Waals surface area (Å²) in [5.41, 5.74) is 4.87. The number of aliphatic hydroxyl groups excluding tert-OH is 1. The summed E-state index contributed by atoms with van der Waals surface area (Å²) < 4.78 is 2.21. The van der Waals surface area contributed by atoms with Gasteiger partial charge in [0.25, 0.3) is 0 Å². The second-order valence-electron chi connectivity index (χ2n) is 8.73. The average molecular weight is 394 g/mol. The normalized spacial score (nSPS) is 21.0. The van der Waals surface area contributed by atoms with E-state index in [0.717, 1.165) is 31.6 Å². The lowest BCUT2D eigenvalue weighted by molar-refractivity contribution is -0.136. The van der Waals surface area contributed by atoms with Crippen LogP contribution in [-0.2, 0) is 4.79 Å². The minimum atomic E-state index is -0.392. The monoisotopic (exact) mass is 393 g/mol. The molecule has 29 heavy (non-hydrogen) atoms. The molecule has 0 radical (unpaired) electrons. The number of benzene rings is 1. The van der Waals surface area contributed by atoms with E-state index in [2.05, 4.69) is 40.7 Å². The molecule has 5 heteroatoms. The van der Waals surface area contributed by atoms with E-state index >= 15 is 0 Å². The number of aromatic nitrogens is 2. The topological polar surface area (TPSA) is 58.4 Å². The summed E-state index contributed by atoms with van der Waals surface area (Å²) in [6, 6.07) is 10.6. The molecule has 0 saturated carbocycles. The van der Waals surface area contributed by atoms with Crippen LogP contribution < -0.4 is 0 Å². The largest absolute Gasteiger partial charge is 0.393 e. The smallest absolute Gasteiger partial charge is 0.225 e. The van der Waals surface area contributed by atoms with Gasteiger partial charge >= 0.3 is 0 Å². The molecule has 2 aromatic rings. The quantitative estimate of drug-likeness (QED) is 0.835. The Balaban J connectivity index is 1.49. The van der Waals surface area contributed by atoms with Crippen molar-refractivity contribution in [3.05, 3.63) is 54.1 Å². The zero-order chi connectivity index (χ0) is 20.5. The molecular weight excluding hydrogens is 362 g/mol. The molecule has 154 valence electrons. The zero-order valence-corrected chi connectivity index (χ0v) is 17.6. The van der Waals surface area contributed by atoms with E-state index in [9.17, 15) is 9.90 Å². The SMILES string of the molecule is CC1=C(c2ccccc2)C(CC(O)C2CCN(C(=O)C(C)C)CC2)n2cncc21. The Morgan fingerprint density at radius 3 is 2.55 bits per heavy atom. The summed E-state index contributed by atoms with van der Waals surface area (Å²) in [5.74, 6) is 0.494. The number of fused-ring (bicyclic) bond motifs is 1. The molecule has 2 atom stereocenters. The Labute approximate surface area is 173 Å². The number of piperidine rings is 1. The molecule has 2 aliphatic rings. The van der Waals surface area contributed by atoms with Crippen LogP contribution in [0.4, 0.5) is 0 Å². The number of carbonyl (C=O) groups is 1. The highest BCUT2D eigenvalue weighted by Crippen LogP contribution is 2.45. The number of hydrogen-bond acceptors (Lipinski definition) is 3. The number of allylic oxidation sites excluding steroid dienone is 2. The number of aliphatic hydroxyl groups is 1. The van der Waals surface area contributed by atoms with Gasteiger partial charge in [-0.3, -0.25) is 4.79 Å². The van der Waals surface area contributed by atoms with Crippen LogP contribution in [0.25, 0.3) is 11.1 Å². The number of carbonyl (C=O) groups excluding carboxylic acids is 1. The van der Waals surface area contributed by atoms with E-state index in [1.165, 1.54) is 16.7 Å². The molecule has 0 bridgehead atoms. The molecule has 1 amide bonds. The fourth-order valence-corrected chi connectivity index (χ4v) is 4.92. The van der Waals surface area contributed by atoms with Crippen molar-refractivity contribution in [2.24, 2.45) is 11.8 Å². The Bertz CT molecular complexity index is 892. The van der Waals surface area contributed by atoms with Crippen molar-refractivity contribution in [3.8, 4) is 0 Å². The van der Waals surface area contributed by atoms with Crippen molar-refractivity contribution in [1.29, 1.82) is 0 Å². The predicted octanol–water partition coefficient (Wildman–Crippen LogP) is 4.01. The molecule has 2 aliphatic heterocycles. The fourth-order valence-electron chi connectivity index (χ4n) is 4.92. The lowest BCUT2D eigenvalue weighted by Crippen LogP contribution is -2.43. The molecule has 2 unspecified atom stereocenters. The molecular formula is C24H31N3O2. The van der Waals surface area contributed by atoms with Gasteiger partial charge in [0.05, 0.1) is 30.4 Å². The van der Waals surface area contributed by atoms with Crippen LogP contribution in [0.2, 0.25) is 0 Å². The van der Waals surface area contributed by atoms with E-state index in [4.69, 9.17) is 0 Å². The molecule has 1 fully saturated rings. The van der Waals surface area contributed by atoms with Crippen LogP contribution in [0.1, 0.15) is 57.3 Å². The Hall–Kier alpha value is -2.40. The molecule has 1 aromatic carbocycles. The molecule has 0 spiro atoms. The van der Waals surface area contributed by atoms with Crippen molar-refractivity contribution >= 4 is 17.1 Å². The van der Waals surface area contributed by atoms with Crippen LogP contribution in [-0.4, -0.2) is 44.7 Å². The Kier molecular flexibility index (Phi) is 5.59. The first-order valence-corrected chi connectivity index (χ1v) is 10.7. The van der Waals surface area contributed by atoms with Gasteiger partial charge in [0.15, 0.2) is 0 Å². The third-order valence-electron chi connectivity index (χ3n) is 6.56. The van der Waals surface area contributed by atoms with Crippen LogP contribution in [0, 0.1) is 11.8 Å². The van der Waals surface area contributed by atoms with Crippen molar-refractivity contribution in [2.75, 3.05) is 13.1 Å². The third kappa shape index (κ3) is 3.76. The summed E-state index contributed by atoms with van der Waals surface area (Å²) in [7, 11) is 0. The van der Waals surface area contributed by atoms with Gasteiger partial charge in [-0.15, -0.1) is 0 Å². The van der Waals surface area contributed by atoms with Gasteiger partial charge in [-0.25, -0.2) is 4.98 Å². The van der Waals surface area contributed by atoms with E-state index in [1.54, 1.807) is 0 Å². The second kappa shape index (κ2) is 8.15. The first-order chi connectivity index (χ1) is 14.0. The first kappa shape index (κ1) is 19.9. The predicted molar refractivity (Wildman–Crippen MR) is 115 cm³/mol. The number of rotatable bonds is 5. The van der Waals surface area contributed by atoms with Crippen molar-refractivity contribution < 1.29 is 9.90 Å². The minimum absolute atomic E-state index is 0.0381. The fraction of sp³-hybridized carbons (Fsp3) is 0.500. The molecule has 3 heterocycles. The number of likely N-dealkylation sites (tertiary alicyclic amines) is 1. The zero-order valence-electron chi connectivity index (χ0n) is 17.6. The molecule has 1 saturated heterocycles. The number of hydrogen-bond donors (Lipinski definition) is 1. The molecule has 5 nitrogen and oxygen atoms in total. The maximum Gasteiger partial charge on any atom is 0.225 e. The van der Waals surface area contributed by atoms with Gasteiger partial charge in [-0.1, -0.05) is 44.2 Å².